The number of hydrogen-bond acceptors (Lipinski definition) is 4. The Morgan fingerprint density at radius 2 is 2.12 bits per heavy atom. The lowest BCUT2D eigenvalue weighted by Gasteiger charge is -2.12. The quantitative estimate of drug-likeness (QED) is 0.380. The van der Waals surface area contributed by atoms with Gasteiger partial charge in [-0.1, -0.05) is 17.8 Å². The number of benzene rings is 1. The van der Waals surface area contributed by atoms with Crippen LogP contribution in [0.15, 0.2) is 34.4 Å². The molecule has 0 amide bonds. The molecule has 5 heteroatoms. The fourth-order valence-corrected chi connectivity index (χ4v) is 1.67. The van der Waals surface area contributed by atoms with Gasteiger partial charge in [-0.15, -0.1) is 0 Å². The van der Waals surface area contributed by atoms with Crippen LogP contribution in [0.5, 0.6) is 11.5 Å². The monoisotopic (exact) mass is 299 g/mol. The van der Waals surface area contributed by atoms with Gasteiger partial charge in [0, 0.05) is 10.0 Å². The van der Waals surface area contributed by atoms with E-state index < -0.39 is 0 Å². The number of nitrogens with zero attached hydrogens (tertiary/aromatic N) is 1. The molecule has 0 spiro atoms. The molecule has 0 fully saturated rings. The van der Waals surface area contributed by atoms with Gasteiger partial charge in [0.25, 0.3) is 0 Å². The number of oxime groups is 1. The molecule has 0 aliphatic rings. The first-order chi connectivity index (χ1) is 8.22. The van der Waals surface area contributed by atoms with Crippen molar-refractivity contribution in [2.45, 2.75) is 6.92 Å². The lowest BCUT2D eigenvalue weighted by atomic mass is 10.2. The van der Waals surface area contributed by atoms with E-state index in [-0.39, 0.29) is 0 Å². The van der Waals surface area contributed by atoms with Crippen LogP contribution in [0.4, 0.5) is 0 Å². The van der Waals surface area contributed by atoms with Crippen LogP contribution in [0.25, 0.3) is 0 Å². The third-order valence-electron chi connectivity index (χ3n) is 1.92. The molecule has 17 heavy (non-hydrogen) atoms. The molecule has 0 bridgehead atoms. The van der Waals surface area contributed by atoms with Gasteiger partial charge >= 0.3 is 0 Å². The molecule has 0 atom stereocenters. The van der Waals surface area contributed by atoms with Crippen LogP contribution >= 0.6 is 15.9 Å². The largest absolute Gasteiger partial charge is 0.490 e. The first-order valence-corrected chi connectivity index (χ1v) is 5.89. The molecule has 0 radical (unpaired) electrons. The molecule has 0 unspecified atom stereocenters. The zero-order valence-electron chi connectivity index (χ0n) is 9.52. The smallest absolute Gasteiger partial charge is 0.162 e. The summed E-state index contributed by atoms with van der Waals surface area (Å²) in [4.78, 5) is 0. The van der Waals surface area contributed by atoms with Crippen LogP contribution in [0.3, 0.4) is 0 Å². The average Bonchev–Trinajstić information content (AvgIpc) is 2.32. The molecular formula is C12H14BrNO3. The summed E-state index contributed by atoms with van der Waals surface area (Å²) in [6, 6.07) is 3.51. The van der Waals surface area contributed by atoms with Gasteiger partial charge in [0.1, 0.15) is 6.61 Å². The highest BCUT2D eigenvalue weighted by atomic mass is 79.9. The van der Waals surface area contributed by atoms with E-state index >= 15 is 0 Å². The Kier molecular flexibility index (Phi) is 5.56. The number of ether oxygens (including phenoxy) is 2. The van der Waals surface area contributed by atoms with Gasteiger partial charge in [-0.3, -0.25) is 0 Å². The molecule has 4 nitrogen and oxygen atoms in total. The van der Waals surface area contributed by atoms with E-state index in [1.54, 1.807) is 18.2 Å². The van der Waals surface area contributed by atoms with Crippen molar-refractivity contribution < 1.29 is 14.7 Å². The Balaban J connectivity index is 3.10. The molecule has 1 aromatic rings. The van der Waals surface area contributed by atoms with Crippen molar-refractivity contribution in [2.75, 3.05) is 13.2 Å². The molecule has 0 saturated carbocycles. The molecular weight excluding hydrogens is 286 g/mol. The molecule has 1 rings (SSSR count). The van der Waals surface area contributed by atoms with Gasteiger partial charge in [-0.2, -0.15) is 0 Å². The normalized spacial score (nSPS) is 10.5. The van der Waals surface area contributed by atoms with Crippen molar-refractivity contribution in [2.24, 2.45) is 5.16 Å². The summed E-state index contributed by atoms with van der Waals surface area (Å²) in [6.45, 7) is 6.41. The van der Waals surface area contributed by atoms with Crippen LogP contribution in [-0.2, 0) is 0 Å². The summed E-state index contributed by atoms with van der Waals surface area (Å²) >= 11 is 3.36. The molecule has 0 aromatic heterocycles. The van der Waals surface area contributed by atoms with Gasteiger partial charge in [-0.05, 0) is 35.0 Å². The van der Waals surface area contributed by atoms with Crippen LogP contribution in [-0.4, -0.2) is 24.6 Å². The van der Waals surface area contributed by atoms with Crippen LogP contribution in [0, 0.1) is 0 Å². The van der Waals surface area contributed by atoms with Crippen molar-refractivity contribution in [1.29, 1.82) is 0 Å². The Labute approximate surface area is 109 Å². The van der Waals surface area contributed by atoms with E-state index in [0.29, 0.717) is 30.3 Å². The number of hydrogen-bond donors (Lipinski definition) is 1. The van der Waals surface area contributed by atoms with Gasteiger partial charge in [-0.25, -0.2) is 0 Å². The summed E-state index contributed by atoms with van der Waals surface area (Å²) in [5.41, 5.74) is 0.710. The minimum Gasteiger partial charge on any atom is -0.490 e. The third-order valence-corrected chi connectivity index (χ3v) is 2.60. The van der Waals surface area contributed by atoms with Crippen molar-refractivity contribution in [3.63, 3.8) is 0 Å². The van der Waals surface area contributed by atoms with Gasteiger partial charge in [0.15, 0.2) is 11.5 Å². The average molecular weight is 300 g/mol. The van der Waals surface area contributed by atoms with Gasteiger partial charge < -0.3 is 14.7 Å². The maximum absolute atomic E-state index is 8.54. The Morgan fingerprint density at radius 3 is 2.71 bits per heavy atom. The van der Waals surface area contributed by atoms with Crippen molar-refractivity contribution in [3.05, 3.63) is 34.8 Å². The topological polar surface area (TPSA) is 51.0 Å². The zero-order valence-corrected chi connectivity index (χ0v) is 11.1. The summed E-state index contributed by atoms with van der Waals surface area (Å²) in [6.07, 6.45) is 2.98. The second-order valence-corrected chi connectivity index (χ2v) is 3.95. The minimum absolute atomic E-state index is 0.403. The number of halogens is 1. The lowest BCUT2D eigenvalue weighted by molar-refractivity contribution is 0.296. The van der Waals surface area contributed by atoms with E-state index in [2.05, 4.69) is 27.7 Å². The summed E-state index contributed by atoms with van der Waals surface area (Å²) < 4.78 is 11.7. The van der Waals surface area contributed by atoms with E-state index in [1.165, 1.54) is 6.21 Å². The van der Waals surface area contributed by atoms with E-state index in [1.807, 2.05) is 6.92 Å². The molecule has 92 valence electrons. The fourth-order valence-electron chi connectivity index (χ4n) is 1.24. The summed E-state index contributed by atoms with van der Waals surface area (Å²) in [7, 11) is 0. The molecule has 0 aliphatic heterocycles. The molecule has 1 aromatic carbocycles. The summed E-state index contributed by atoms with van der Waals surface area (Å²) in [5.74, 6) is 1.22. The van der Waals surface area contributed by atoms with E-state index in [9.17, 15) is 0 Å². The van der Waals surface area contributed by atoms with Crippen LogP contribution in [0.1, 0.15) is 12.5 Å². The first kappa shape index (κ1) is 13.6. The van der Waals surface area contributed by atoms with Crippen molar-refractivity contribution in [3.8, 4) is 11.5 Å². The molecule has 1 N–H and O–H groups in total. The maximum Gasteiger partial charge on any atom is 0.162 e. The Morgan fingerprint density at radius 1 is 1.41 bits per heavy atom. The lowest BCUT2D eigenvalue weighted by Crippen LogP contribution is -2.00. The van der Waals surface area contributed by atoms with E-state index in [0.717, 1.165) is 4.47 Å². The zero-order chi connectivity index (χ0) is 12.7. The highest BCUT2D eigenvalue weighted by molar-refractivity contribution is 9.10. The predicted molar refractivity (Wildman–Crippen MR) is 70.4 cm³/mol. The standard InChI is InChI=1S/C12H14BrNO3/c1-3-5-17-12-7-10(13)9(8-14-15)6-11(12)16-4-2/h3,6-8,15H,1,4-5H2,2H3/b14-8-. The van der Waals surface area contributed by atoms with Crippen molar-refractivity contribution >= 4 is 22.1 Å². The second kappa shape index (κ2) is 6.96. The van der Waals surface area contributed by atoms with E-state index in [4.69, 9.17) is 14.7 Å². The van der Waals surface area contributed by atoms with Gasteiger partial charge in [0.05, 0.1) is 12.8 Å². The van der Waals surface area contributed by atoms with Crippen molar-refractivity contribution in [1.82, 2.24) is 0 Å². The fraction of sp³-hybridized carbons (Fsp3) is 0.250. The highest BCUT2D eigenvalue weighted by Gasteiger charge is 2.09. The SMILES string of the molecule is C=CCOc1cc(Br)c(/C=N\O)cc1OCC. The Bertz CT molecular complexity index is 418. The summed E-state index contributed by atoms with van der Waals surface area (Å²) in [5, 5.41) is 11.5. The van der Waals surface area contributed by atoms with Crippen LogP contribution in [0.2, 0.25) is 0 Å². The first-order valence-electron chi connectivity index (χ1n) is 5.10. The minimum atomic E-state index is 0.403. The molecule has 0 heterocycles. The molecule has 0 saturated heterocycles. The maximum atomic E-state index is 8.54. The second-order valence-electron chi connectivity index (χ2n) is 3.10. The highest BCUT2D eigenvalue weighted by Crippen LogP contribution is 2.33. The predicted octanol–water partition coefficient (Wildman–Crippen LogP) is 3.22. The number of rotatable bonds is 6. The Hall–Kier alpha value is -1.49. The van der Waals surface area contributed by atoms with Gasteiger partial charge in [0.2, 0.25) is 0 Å². The van der Waals surface area contributed by atoms with Crippen LogP contribution < -0.4 is 9.47 Å². The third kappa shape index (κ3) is 3.78. The molecule has 0 aliphatic carbocycles.